The second-order valence-corrected chi connectivity index (χ2v) is 4.75. The predicted molar refractivity (Wildman–Crippen MR) is 68.0 cm³/mol. The summed E-state index contributed by atoms with van der Waals surface area (Å²) in [6.45, 7) is 2.04. The number of benzene rings is 2. The van der Waals surface area contributed by atoms with Gasteiger partial charge in [0.15, 0.2) is 5.78 Å². The zero-order valence-corrected chi connectivity index (χ0v) is 9.81. The van der Waals surface area contributed by atoms with Gasteiger partial charge in [-0.2, -0.15) is 0 Å². The number of ketones is 1. The molecule has 0 N–H and O–H groups in total. The fraction of sp³-hybridized carbons (Fsp3) is 0.188. The van der Waals surface area contributed by atoms with Crippen LogP contribution in [0.15, 0.2) is 54.6 Å². The summed E-state index contributed by atoms with van der Waals surface area (Å²) in [6, 6.07) is 18.2. The van der Waals surface area contributed by atoms with E-state index in [9.17, 15) is 4.79 Å². The number of Topliss-reactive ketones (excluding diaryl/α,β-unsaturated/α-hetero) is 1. The maximum atomic E-state index is 12.4. The highest BCUT2D eigenvalue weighted by Crippen LogP contribution is 2.40. The Hall–Kier alpha value is -1.89. The van der Waals surface area contributed by atoms with Crippen molar-refractivity contribution in [2.45, 2.75) is 18.8 Å². The van der Waals surface area contributed by atoms with Gasteiger partial charge in [0.25, 0.3) is 0 Å². The molecule has 1 nitrogen and oxygen atoms in total. The smallest absolute Gasteiger partial charge is 0.151 e. The van der Waals surface area contributed by atoms with Gasteiger partial charge in [0.2, 0.25) is 0 Å². The highest BCUT2D eigenvalue weighted by atomic mass is 16.1. The number of fused-ring (bicyclic) bond motifs is 1. The van der Waals surface area contributed by atoms with Crippen LogP contribution in [0.5, 0.6) is 0 Å². The lowest BCUT2D eigenvalue weighted by Gasteiger charge is -2.24. The Labute approximate surface area is 101 Å². The van der Waals surface area contributed by atoms with E-state index >= 15 is 0 Å². The van der Waals surface area contributed by atoms with Gasteiger partial charge in [-0.15, -0.1) is 0 Å². The van der Waals surface area contributed by atoms with Crippen molar-refractivity contribution in [2.75, 3.05) is 0 Å². The number of hydrogen-bond acceptors (Lipinski definition) is 1. The Morgan fingerprint density at radius 1 is 0.941 bits per heavy atom. The molecule has 2 aromatic rings. The largest absolute Gasteiger partial charge is 0.298 e. The van der Waals surface area contributed by atoms with Crippen LogP contribution in [0.2, 0.25) is 0 Å². The van der Waals surface area contributed by atoms with E-state index in [4.69, 9.17) is 0 Å². The van der Waals surface area contributed by atoms with Crippen molar-refractivity contribution in [3.05, 3.63) is 71.3 Å². The van der Waals surface area contributed by atoms with Gasteiger partial charge >= 0.3 is 0 Å². The first kappa shape index (κ1) is 10.3. The molecule has 1 aliphatic carbocycles. The van der Waals surface area contributed by atoms with Crippen LogP contribution >= 0.6 is 0 Å². The van der Waals surface area contributed by atoms with Crippen molar-refractivity contribution in [1.29, 1.82) is 0 Å². The van der Waals surface area contributed by atoms with Crippen molar-refractivity contribution < 1.29 is 4.79 Å². The first-order valence-electron chi connectivity index (χ1n) is 5.90. The molecule has 0 amide bonds. The quantitative estimate of drug-likeness (QED) is 0.724. The molecular formula is C16H14O. The summed E-state index contributed by atoms with van der Waals surface area (Å²) in [5.74, 6) is 0.296. The zero-order chi connectivity index (χ0) is 11.9. The summed E-state index contributed by atoms with van der Waals surface area (Å²) in [7, 11) is 0. The number of hydrogen-bond donors (Lipinski definition) is 0. The van der Waals surface area contributed by atoms with Crippen molar-refractivity contribution in [3.63, 3.8) is 0 Å². The third-order valence-electron chi connectivity index (χ3n) is 3.82. The minimum absolute atomic E-state index is 0.296. The zero-order valence-electron chi connectivity index (χ0n) is 9.81. The highest BCUT2D eigenvalue weighted by Gasteiger charge is 2.42. The molecule has 3 rings (SSSR count). The Bertz CT molecular complexity index is 571. The fourth-order valence-corrected chi connectivity index (χ4v) is 2.75. The number of carbonyl (C=O) groups excluding carboxylic acids is 1. The van der Waals surface area contributed by atoms with Crippen LogP contribution in [0.1, 0.15) is 23.6 Å². The Kier molecular flexibility index (Phi) is 2.15. The van der Waals surface area contributed by atoms with Crippen LogP contribution in [0.4, 0.5) is 0 Å². The molecule has 2 aromatic carbocycles. The summed E-state index contributed by atoms with van der Waals surface area (Å²) in [5, 5.41) is 0. The third kappa shape index (κ3) is 1.35. The maximum Gasteiger partial charge on any atom is 0.151 e. The van der Waals surface area contributed by atoms with Gasteiger partial charge in [0, 0.05) is 6.42 Å². The summed E-state index contributed by atoms with van der Waals surface area (Å²) in [4.78, 5) is 12.4. The average Bonchev–Trinajstić information content (AvgIpc) is 2.64. The minimum Gasteiger partial charge on any atom is -0.298 e. The molecule has 0 radical (unpaired) electrons. The topological polar surface area (TPSA) is 17.1 Å². The lowest BCUT2D eigenvalue weighted by atomic mass is 9.77. The van der Waals surface area contributed by atoms with Gasteiger partial charge in [0.05, 0.1) is 5.41 Å². The minimum atomic E-state index is -0.460. The Morgan fingerprint density at radius 2 is 1.59 bits per heavy atom. The van der Waals surface area contributed by atoms with E-state index in [-0.39, 0.29) is 0 Å². The highest BCUT2D eigenvalue weighted by molar-refractivity contribution is 5.99. The lowest BCUT2D eigenvalue weighted by molar-refractivity contribution is -0.121. The second-order valence-electron chi connectivity index (χ2n) is 4.75. The SMILES string of the molecule is C[C@@]1(c2ccccc2)C(=O)Cc2ccccc21. The molecule has 0 fully saturated rings. The van der Waals surface area contributed by atoms with E-state index < -0.39 is 5.41 Å². The van der Waals surface area contributed by atoms with E-state index in [2.05, 4.69) is 12.1 Å². The van der Waals surface area contributed by atoms with Gasteiger partial charge in [-0.25, -0.2) is 0 Å². The molecule has 1 aliphatic rings. The second kappa shape index (κ2) is 3.56. The molecule has 1 heteroatoms. The Balaban J connectivity index is 2.24. The maximum absolute atomic E-state index is 12.4. The molecule has 0 saturated carbocycles. The summed E-state index contributed by atoms with van der Waals surface area (Å²) < 4.78 is 0. The van der Waals surface area contributed by atoms with Crippen molar-refractivity contribution >= 4 is 5.78 Å². The van der Waals surface area contributed by atoms with E-state index in [1.165, 1.54) is 5.56 Å². The van der Waals surface area contributed by atoms with Crippen molar-refractivity contribution in [3.8, 4) is 0 Å². The Morgan fingerprint density at radius 3 is 2.35 bits per heavy atom. The molecule has 84 valence electrons. The standard InChI is InChI=1S/C16H14O/c1-16(13-8-3-2-4-9-13)14-10-6-5-7-12(14)11-15(16)17/h2-10H,11H2,1H3/t16-/m0/s1. The summed E-state index contributed by atoms with van der Waals surface area (Å²) >= 11 is 0. The summed E-state index contributed by atoms with van der Waals surface area (Å²) in [6.07, 6.45) is 0.557. The molecule has 17 heavy (non-hydrogen) atoms. The van der Waals surface area contributed by atoms with Crippen LogP contribution in [0, 0.1) is 0 Å². The van der Waals surface area contributed by atoms with E-state index in [0.717, 1.165) is 11.1 Å². The average molecular weight is 222 g/mol. The molecule has 0 saturated heterocycles. The molecule has 0 spiro atoms. The van der Waals surface area contributed by atoms with E-state index in [0.29, 0.717) is 12.2 Å². The monoisotopic (exact) mass is 222 g/mol. The van der Waals surface area contributed by atoms with Gasteiger partial charge in [-0.1, -0.05) is 54.6 Å². The van der Waals surface area contributed by atoms with E-state index in [1.807, 2.05) is 49.4 Å². The molecule has 0 aliphatic heterocycles. The molecule has 0 unspecified atom stereocenters. The molecular weight excluding hydrogens is 208 g/mol. The first-order chi connectivity index (χ1) is 8.23. The van der Waals surface area contributed by atoms with Crippen LogP contribution in [0.3, 0.4) is 0 Å². The molecule has 1 atom stereocenters. The lowest BCUT2D eigenvalue weighted by Crippen LogP contribution is -2.29. The van der Waals surface area contributed by atoms with Crippen LogP contribution in [-0.4, -0.2) is 5.78 Å². The van der Waals surface area contributed by atoms with Gasteiger partial charge in [0.1, 0.15) is 0 Å². The van der Waals surface area contributed by atoms with Crippen molar-refractivity contribution in [1.82, 2.24) is 0 Å². The van der Waals surface area contributed by atoms with Crippen molar-refractivity contribution in [2.24, 2.45) is 0 Å². The molecule has 0 heterocycles. The first-order valence-corrected chi connectivity index (χ1v) is 5.90. The molecule has 0 aromatic heterocycles. The molecule has 0 bridgehead atoms. The number of rotatable bonds is 1. The fourth-order valence-electron chi connectivity index (χ4n) is 2.75. The van der Waals surface area contributed by atoms with Gasteiger partial charge < -0.3 is 0 Å². The van der Waals surface area contributed by atoms with Crippen LogP contribution < -0.4 is 0 Å². The van der Waals surface area contributed by atoms with Gasteiger partial charge in [-0.05, 0) is 23.6 Å². The summed E-state index contributed by atoms with van der Waals surface area (Å²) in [5.41, 5.74) is 2.97. The normalized spacial score (nSPS) is 22.5. The van der Waals surface area contributed by atoms with Crippen LogP contribution in [0.25, 0.3) is 0 Å². The van der Waals surface area contributed by atoms with E-state index in [1.54, 1.807) is 0 Å². The number of carbonyl (C=O) groups is 1. The third-order valence-corrected chi connectivity index (χ3v) is 3.82. The van der Waals surface area contributed by atoms with Gasteiger partial charge in [-0.3, -0.25) is 4.79 Å². The predicted octanol–water partition coefficient (Wildman–Crippen LogP) is 3.12. The van der Waals surface area contributed by atoms with Crippen LogP contribution in [-0.2, 0) is 16.6 Å².